The van der Waals surface area contributed by atoms with E-state index in [-0.39, 0.29) is 17.0 Å². The average Bonchev–Trinajstić information content (AvgIpc) is 3.66. The van der Waals surface area contributed by atoms with E-state index in [1.165, 1.54) is 21.7 Å². The van der Waals surface area contributed by atoms with E-state index >= 15 is 0 Å². The molecular weight excluding hydrogens is 634 g/mol. The highest BCUT2D eigenvalue weighted by molar-refractivity contribution is 5.72. The molecule has 6 rings (SSSR count). The number of halogens is 6. The summed E-state index contributed by atoms with van der Waals surface area (Å²) in [7, 11) is 0. The predicted octanol–water partition coefficient (Wildman–Crippen LogP) is 8.21. The van der Waals surface area contributed by atoms with Crippen molar-refractivity contribution >= 4 is 11.6 Å². The van der Waals surface area contributed by atoms with Gasteiger partial charge in [-0.2, -0.15) is 20.2 Å². The topological polar surface area (TPSA) is 86.2 Å². The van der Waals surface area contributed by atoms with Crippen LogP contribution in [0.5, 0.6) is 0 Å². The molecule has 1 atom stereocenters. The van der Waals surface area contributed by atoms with Gasteiger partial charge in [0.15, 0.2) is 0 Å². The van der Waals surface area contributed by atoms with Crippen molar-refractivity contribution in [3.8, 4) is 22.3 Å². The number of hydrogen-bond donors (Lipinski definition) is 0. The molecule has 0 bridgehead atoms. The molecule has 0 aliphatic heterocycles. The van der Waals surface area contributed by atoms with Gasteiger partial charge in [0.1, 0.15) is 47.6 Å². The third-order valence-electron chi connectivity index (χ3n) is 8.12. The summed E-state index contributed by atoms with van der Waals surface area (Å²) in [5.74, 6) is -4.32. The first kappa shape index (κ1) is 34.5. The van der Waals surface area contributed by atoms with Gasteiger partial charge in [0, 0.05) is 35.4 Å². The molecule has 8 nitrogen and oxygen atoms in total. The maximum Gasteiger partial charge on any atom is 0.252 e. The van der Waals surface area contributed by atoms with Crippen molar-refractivity contribution in [3.63, 3.8) is 0 Å². The van der Waals surface area contributed by atoms with Gasteiger partial charge in [-0.25, -0.2) is 45.3 Å². The molecule has 48 heavy (non-hydrogen) atoms. The van der Waals surface area contributed by atoms with Crippen molar-refractivity contribution in [2.45, 2.75) is 67.2 Å². The van der Waals surface area contributed by atoms with E-state index in [0.717, 1.165) is 12.8 Å². The van der Waals surface area contributed by atoms with Gasteiger partial charge in [-0.3, -0.25) is 0 Å². The number of aromatic nitrogens is 8. The summed E-state index contributed by atoms with van der Waals surface area (Å²) in [6, 6.07) is 2.71. The van der Waals surface area contributed by atoms with Gasteiger partial charge in [-0.15, -0.1) is 0 Å². The largest absolute Gasteiger partial charge is 0.252 e. The Balaban J connectivity index is 0.000000188. The van der Waals surface area contributed by atoms with E-state index in [0.29, 0.717) is 88.5 Å². The van der Waals surface area contributed by atoms with E-state index in [1.54, 1.807) is 13.8 Å². The summed E-state index contributed by atoms with van der Waals surface area (Å²) < 4.78 is 86.9. The SMILES string of the molecule is CCC(C)Cc1c(-c2c(F)cc(F)cc2F)c(C)nc2ncnn12.Cc1nc2ncnn2c(CCC(C)C)c1-c1c(F)cc(F)cc1F. The highest BCUT2D eigenvalue weighted by atomic mass is 19.2. The molecule has 0 saturated heterocycles. The lowest BCUT2D eigenvalue weighted by atomic mass is 9.94. The zero-order chi connectivity index (χ0) is 34.9. The normalized spacial score (nSPS) is 12.2. The summed E-state index contributed by atoms with van der Waals surface area (Å²) in [5.41, 5.74) is 2.15. The highest BCUT2D eigenvalue weighted by Crippen LogP contribution is 2.35. The molecule has 0 aliphatic rings. The Kier molecular flexibility index (Phi) is 10.1. The van der Waals surface area contributed by atoms with E-state index in [4.69, 9.17) is 0 Å². The van der Waals surface area contributed by atoms with Crippen molar-refractivity contribution < 1.29 is 26.3 Å². The van der Waals surface area contributed by atoms with Crippen LogP contribution in [0.1, 0.15) is 63.3 Å². The predicted molar refractivity (Wildman–Crippen MR) is 168 cm³/mol. The third kappa shape index (κ3) is 6.87. The van der Waals surface area contributed by atoms with Crippen LogP contribution >= 0.6 is 0 Å². The third-order valence-corrected chi connectivity index (χ3v) is 8.12. The molecule has 0 radical (unpaired) electrons. The summed E-state index contributed by atoms with van der Waals surface area (Å²) in [5, 5.41) is 8.26. The number of hydrogen-bond acceptors (Lipinski definition) is 6. The van der Waals surface area contributed by atoms with Crippen molar-refractivity contribution in [2.75, 3.05) is 0 Å². The maximum absolute atomic E-state index is 14.3. The van der Waals surface area contributed by atoms with Crippen LogP contribution < -0.4 is 0 Å². The van der Waals surface area contributed by atoms with Gasteiger partial charge in [-0.05, 0) is 44.9 Å². The molecule has 0 spiro atoms. The van der Waals surface area contributed by atoms with Gasteiger partial charge in [0.2, 0.25) is 0 Å². The highest BCUT2D eigenvalue weighted by Gasteiger charge is 2.25. The van der Waals surface area contributed by atoms with Crippen LogP contribution in [0, 0.1) is 60.6 Å². The van der Waals surface area contributed by atoms with Crippen molar-refractivity contribution in [3.05, 3.63) is 94.6 Å². The molecule has 0 fully saturated rings. The number of benzene rings is 2. The lowest BCUT2D eigenvalue weighted by Crippen LogP contribution is -2.12. The molecule has 2 aromatic carbocycles. The second kappa shape index (κ2) is 14.1. The lowest BCUT2D eigenvalue weighted by Gasteiger charge is -2.17. The van der Waals surface area contributed by atoms with Gasteiger partial charge >= 0.3 is 0 Å². The zero-order valence-corrected chi connectivity index (χ0v) is 27.3. The van der Waals surface area contributed by atoms with Gasteiger partial charge in [0.25, 0.3) is 11.6 Å². The molecular formula is C34H34F6N8. The lowest BCUT2D eigenvalue weighted by molar-refractivity contribution is 0.537. The quantitative estimate of drug-likeness (QED) is 0.152. The van der Waals surface area contributed by atoms with Crippen molar-refractivity contribution in [2.24, 2.45) is 11.8 Å². The summed E-state index contributed by atoms with van der Waals surface area (Å²) in [4.78, 5) is 16.7. The Morgan fingerprint density at radius 2 is 1.04 bits per heavy atom. The first-order chi connectivity index (χ1) is 22.8. The molecule has 4 heterocycles. The van der Waals surface area contributed by atoms with Crippen LogP contribution in [-0.2, 0) is 12.8 Å². The standard InChI is InChI=1S/2C17H17F3N4/c1-9(2)4-5-14-15(10(3)23-17-21-8-22-24(14)17)16-12(19)6-11(18)7-13(16)20;1-4-9(2)5-14-15(10(3)23-17-21-8-22-24(14)17)16-12(19)6-11(18)7-13(16)20/h2*6-9H,4-5H2,1-3H3. The number of rotatable bonds is 8. The second-order valence-electron chi connectivity index (χ2n) is 12.1. The number of nitrogens with zero attached hydrogens (tertiary/aromatic N) is 8. The fourth-order valence-electron chi connectivity index (χ4n) is 5.58. The monoisotopic (exact) mass is 668 g/mol. The van der Waals surface area contributed by atoms with Gasteiger partial charge in [-0.1, -0.05) is 34.1 Å². The molecule has 0 N–H and O–H groups in total. The Hall–Kier alpha value is -4.88. The van der Waals surface area contributed by atoms with E-state index < -0.39 is 34.9 Å². The molecule has 0 amide bonds. The molecule has 0 saturated carbocycles. The van der Waals surface area contributed by atoms with Crippen LogP contribution in [-0.4, -0.2) is 39.2 Å². The summed E-state index contributed by atoms with van der Waals surface area (Å²) >= 11 is 0. The number of fused-ring (bicyclic) bond motifs is 2. The van der Waals surface area contributed by atoms with Crippen LogP contribution in [0.4, 0.5) is 26.3 Å². The molecule has 14 heteroatoms. The Morgan fingerprint density at radius 1 is 0.625 bits per heavy atom. The van der Waals surface area contributed by atoms with Crippen molar-refractivity contribution in [1.82, 2.24) is 39.2 Å². The summed E-state index contributed by atoms with van der Waals surface area (Å²) in [6.07, 6.45) is 5.49. The Labute approximate surface area is 272 Å². The second-order valence-corrected chi connectivity index (χ2v) is 12.1. The summed E-state index contributed by atoms with van der Waals surface area (Å²) in [6.45, 7) is 11.5. The molecule has 6 aromatic rings. The minimum atomic E-state index is -0.956. The smallest absolute Gasteiger partial charge is 0.216 e. The van der Waals surface area contributed by atoms with Gasteiger partial charge in [0.05, 0.1) is 33.9 Å². The molecule has 252 valence electrons. The fourth-order valence-corrected chi connectivity index (χ4v) is 5.58. The minimum absolute atomic E-state index is 0.268. The van der Waals surface area contributed by atoms with Crippen LogP contribution in [0.3, 0.4) is 0 Å². The van der Waals surface area contributed by atoms with Gasteiger partial charge < -0.3 is 0 Å². The van der Waals surface area contributed by atoms with Crippen LogP contribution in [0.2, 0.25) is 0 Å². The molecule has 1 unspecified atom stereocenters. The maximum atomic E-state index is 14.3. The van der Waals surface area contributed by atoms with E-state index in [1.807, 2.05) is 13.8 Å². The average molecular weight is 669 g/mol. The molecule has 0 aliphatic carbocycles. The minimum Gasteiger partial charge on any atom is -0.216 e. The van der Waals surface area contributed by atoms with E-state index in [2.05, 4.69) is 44.0 Å². The van der Waals surface area contributed by atoms with Crippen LogP contribution in [0.25, 0.3) is 33.8 Å². The van der Waals surface area contributed by atoms with E-state index in [9.17, 15) is 26.3 Å². The molecule has 4 aromatic heterocycles. The van der Waals surface area contributed by atoms with Crippen LogP contribution in [0.15, 0.2) is 36.9 Å². The first-order valence-corrected chi connectivity index (χ1v) is 15.5. The zero-order valence-electron chi connectivity index (χ0n) is 27.3. The number of aryl methyl sites for hydroxylation is 3. The Bertz CT molecular complexity index is 2060. The first-order valence-electron chi connectivity index (χ1n) is 15.5. The fraction of sp³-hybridized carbons (Fsp3) is 0.353. The van der Waals surface area contributed by atoms with Crippen molar-refractivity contribution in [1.29, 1.82) is 0 Å². The Morgan fingerprint density at radius 3 is 1.46 bits per heavy atom.